The molecule has 2 aliphatic rings. The van der Waals surface area contributed by atoms with E-state index < -0.39 is 0 Å². The van der Waals surface area contributed by atoms with Gasteiger partial charge in [-0.15, -0.1) is 0 Å². The second-order valence-corrected chi connectivity index (χ2v) is 7.96. The highest BCUT2D eigenvalue weighted by atomic mass is 16.2. The van der Waals surface area contributed by atoms with Crippen LogP contribution < -0.4 is 5.32 Å². The van der Waals surface area contributed by atoms with E-state index in [0.717, 1.165) is 63.8 Å². The average molecular weight is 396 g/mol. The predicted octanol–water partition coefficient (Wildman–Crippen LogP) is 1.02. The number of nitrogens with zero attached hydrogens (tertiary/aromatic N) is 4. The van der Waals surface area contributed by atoms with Gasteiger partial charge in [-0.05, 0) is 31.2 Å². The standard InChI is InChI=1S/C22H29N5O2/c1-25-20-8-7-18(27-13-11-26(16-28)12-14-27)15-19(20)21(24-25)22(29)23-10-9-17-5-3-2-4-6-17/h2-6,16,18H,7-15H2,1H3,(H,23,29)/t18-/m1/s1. The molecule has 4 rings (SSSR count). The molecule has 29 heavy (non-hydrogen) atoms. The zero-order valence-electron chi connectivity index (χ0n) is 17.0. The third kappa shape index (κ3) is 4.34. The second kappa shape index (κ2) is 8.78. The summed E-state index contributed by atoms with van der Waals surface area (Å²) in [6.07, 6.45) is 4.61. The number of aromatic nitrogens is 2. The molecule has 0 radical (unpaired) electrons. The first kappa shape index (κ1) is 19.6. The van der Waals surface area contributed by atoms with Crippen LogP contribution in [0.2, 0.25) is 0 Å². The molecule has 154 valence electrons. The van der Waals surface area contributed by atoms with Gasteiger partial charge >= 0.3 is 0 Å². The van der Waals surface area contributed by atoms with Gasteiger partial charge in [-0.3, -0.25) is 19.2 Å². The molecule has 2 aromatic rings. The molecular formula is C22H29N5O2. The SMILES string of the molecule is Cn1nc(C(=O)NCCc2ccccc2)c2c1CC[C@@H](N1CCN(C=O)CC1)C2. The molecule has 2 heterocycles. The summed E-state index contributed by atoms with van der Waals surface area (Å²) in [7, 11) is 1.93. The number of fused-ring (bicyclic) bond motifs is 1. The minimum absolute atomic E-state index is 0.0794. The van der Waals surface area contributed by atoms with Crippen LogP contribution in [0.5, 0.6) is 0 Å². The normalized spacial score (nSPS) is 19.6. The fraction of sp³-hybridized carbons (Fsp3) is 0.500. The molecule has 1 N–H and O–H groups in total. The number of aryl methyl sites for hydroxylation is 1. The molecule has 7 heteroatoms. The van der Waals surface area contributed by atoms with Gasteiger partial charge in [0.1, 0.15) is 0 Å². The summed E-state index contributed by atoms with van der Waals surface area (Å²) in [6, 6.07) is 10.6. The topological polar surface area (TPSA) is 70.5 Å². The molecule has 0 saturated carbocycles. The lowest BCUT2D eigenvalue weighted by atomic mass is 9.90. The van der Waals surface area contributed by atoms with Crippen molar-refractivity contribution in [3.8, 4) is 0 Å². The van der Waals surface area contributed by atoms with Gasteiger partial charge in [-0.25, -0.2) is 0 Å². The van der Waals surface area contributed by atoms with Crippen LogP contribution in [-0.4, -0.2) is 70.7 Å². The van der Waals surface area contributed by atoms with E-state index in [2.05, 4.69) is 27.4 Å². The first-order valence-electron chi connectivity index (χ1n) is 10.5. The highest BCUT2D eigenvalue weighted by Crippen LogP contribution is 2.27. The fourth-order valence-electron chi connectivity index (χ4n) is 4.52. The molecule has 1 saturated heterocycles. The van der Waals surface area contributed by atoms with Gasteiger partial charge in [0, 0.05) is 57.1 Å². The van der Waals surface area contributed by atoms with E-state index in [-0.39, 0.29) is 5.91 Å². The van der Waals surface area contributed by atoms with Crippen LogP contribution in [0, 0.1) is 0 Å². The molecule has 1 aromatic heterocycles. The molecule has 1 aliphatic heterocycles. The average Bonchev–Trinajstić information content (AvgIpc) is 3.10. The number of rotatable bonds is 6. The molecule has 7 nitrogen and oxygen atoms in total. The van der Waals surface area contributed by atoms with Gasteiger partial charge in [-0.2, -0.15) is 5.10 Å². The van der Waals surface area contributed by atoms with E-state index in [9.17, 15) is 9.59 Å². The minimum Gasteiger partial charge on any atom is -0.350 e. The van der Waals surface area contributed by atoms with E-state index in [1.807, 2.05) is 34.8 Å². The molecule has 2 amide bonds. The molecular weight excluding hydrogens is 366 g/mol. The summed E-state index contributed by atoms with van der Waals surface area (Å²) in [6.45, 7) is 3.97. The van der Waals surface area contributed by atoms with Crippen molar-refractivity contribution in [2.75, 3.05) is 32.7 Å². The zero-order valence-corrected chi connectivity index (χ0v) is 17.0. The van der Waals surface area contributed by atoms with Crippen LogP contribution in [0.25, 0.3) is 0 Å². The number of carbonyl (C=O) groups excluding carboxylic acids is 2. The van der Waals surface area contributed by atoms with Gasteiger partial charge in [0.25, 0.3) is 5.91 Å². The van der Waals surface area contributed by atoms with Crippen molar-refractivity contribution in [1.29, 1.82) is 0 Å². The Balaban J connectivity index is 1.40. The van der Waals surface area contributed by atoms with Gasteiger partial charge in [0.15, 0.2) is 5.69 Å². The lowest BCUT2D eigenvalue weighted by molar-refractivity contribution is -0.120. The Morgan fingerprint density at radius 1 is 1.21 bits per heavy atom. The summed E-state index contributed by atoms with van der Waals surface area (Å²) < 4.78 is 1.88. The van der Waals surface area contributed by atoms with E-state index in [0.29, 0.717) is 18.3 Å². The van der Waals surface area contributed by atoms with Crippen molar-refractivity contribution in [3.63, 3.8) is 0 Å². The van der Waals surface area contributed by atoms with E-state index in [1.54, 1.807) is 0 Å². The maximum atomic E-state index is 12.8. The summed E-state index contributed by atoms with van der Waals surface area (Å²) in [4.78, 5) is 28.1. The monoisotopic (exact) mass is 395 g/mol. The smallest absolute Gasteiger partial charge is 0.272 e. The molecule has 1 fully saturated rings. The van der Waals surface area contributed by atoms with Crippen molar-refractivity contribution in [2.45, 2.75) is 31.7 Å². The molecule has 1 aromatic carbocycles. The maximum Gasteiger partial charge on any atom is 0.272 e. The number of carbonyl (C=O) groups is 2. The van der Waals surface area contributed by atoms with Crippen LogP contribution in [0.15, 0.2) is 30.3 Å². The van der Waals surface area contributed by atoms with Crippen molar-refractivity contribution in [3.05, 3.63) is 52.8 Å². The minimum atomic E-state index is -0.0794. The molecule has 1 aliphatic carbocycles. The number of hydrogen-bond donors (Lipinski definition) is 1. The Labute approximate surface area is 171 Å². The van der Waals surface area contributed by atoms with E-state index in [4.69, 9.17) is 0 Å². The van der Waals surface area contributed by atoms with Crippen LogP contribution in [0.1, 0.15) is 33.7 Å². The van der Waals surface area contributed by atoms with Crippen LogP contribution in [-0.2, 0) is 31.1 Å². The van der Waals surface area contributed by atoms with Gasteiger partial charge in [0.2, 0.25) is 6.41 Å². The third-order valence-corrected chi connectivity index (χ3v) is 6.20. The zero-order chi connectivity index (χ0) is 20.2. The second-order valence-electron chi connectivity index (χ2n) is 7.96. The molecule has 0 bridgehead atoms. The van der Waals surface area contributed by atoms with Crippen molar-refractivity contribution in [2.24, 2.45) is 7.05 Å². The number of piperazine rings is 1. The van der Waals surface area contributed by atoms with Crippen molar-refractivity contribution < 1.29 is 9.59 Å². The van der Waals surface area contributed by atoms with Crippen LogP contribution >= 0.6 is 0 Å². The summed E-state index contributed by atoms with van der Waals surface area (Å²) in [5.74, 6) is -0.0794. The number of nitrogens with one attached hydrogen (secondary N) is 1. The molecule has 0 unspecified atom stereocenters. The Morgan fingerprint density at radius 2 is 1.97 bits per heavy atom. The van der Waals surface area contributed by atoms with E-state index in [1.165, 1.54) is 11.3 Å². The Hall–Kier alpha value is -2.67. The Bertz CT molecular complexity index is 856. The van der Waals surface area contributed by atoms with Crippen LogP contribution in [0.4, 0.5) is 0 Å². The summed E-state index contributed by atoms with van der Waals surface area (Å²) in [5, 5.41) is 7.60. The summed E-state index contributed by atoms with van der Waals surface area (Å²) >= 11 is 0. The largest absolute Gasteiger partial charge is 0.350 e. The van der Waals surface area contributed by atoms with Crippen LogP contribution in [0.3, 0.4) is 0 Å². The van der Waals surface area contributed by atoms with Crippen molar-refractivity contribution in [1.82, 2.24) is 24.9 Å². The van der Waals surface area contributed by atoms with Gasteiger partial charge < -0.3 is 10.2 Å². The number of amides is 2. The third-order valence-electron chi connectivity index (χ3n) is 6.20. The fourth-order valence-corrected chi connectivity index (χ4v) is 4.52. The van der Waals surface area contributed by atoms with Crippen molar-refractivity contribution >= 4 is 12.3 Å². The quantitative estimate of drug-likeness (QED) is 0.742. The molecule has 0 spiro atoms. The van der Waals surface area contributed by atoms with E-state index >= 15 is 0 Å². The maximum absolute atomic E-state index is 12.8. The number of hydrogen-bond acceptors (Lipinski definition) is 4. The van der Waals surface area contributed by atoms with Gasteiger partial charge in [-0.1, -0.05) is 30.3 Å². The Kier molecular flexibility index (Phi) is 5.94. The highest BCUT2D eigenvalue weighted by molar-refractivity contribution is 5.94. The number of benzene rings is 1. The first-order chi connectivity index (χ1) is 14.2. The lowest BCUT2D eigenvalue weighted by Gasteiger charge is -2.39. The van der Waals surface area contributed by atoms with Gasteiger partial charge in [0.05, 0.1) is 0 Å². The lowest BCUT2D eigenvalue weighted by Crippen LogP contribution is -2.51. The first-order valence-corrected chi connectivity index (χ1v) is 10.5. The Morgan fingerprint density at radius 3 is 2.69 bits per heavy atom. The summed E-state index contributed by atoms with van der Waals surface area (Å²) in [5.41, 5.74) is 4.07. The highest BCUT2D eigenvalue weighted by Gasteiger charge is 2.32. The predicted molar refractivity (Wildman–Crippen MR) is 111 cm³/mol. The molecule has 1 atom stereocenters.